The quantitative estimate of drug-likeness (QED) is 0.450. The second-order valence-corrected chi connectivity index (χ2v) is 2.75. The van der Waals surface area contributed by atoms with E-state index in [1.54, 1.807) is 0 Å². The number of aliphatic imine (C=N–C) groups is 1. The molecular formula is C9H16N2. The summed E-state index contributed by atoms with van der Waals surface area (Å²) in [4.78, 5) is 3.74. The molecule has 0 bridgehead atoms. The first-order valence-corrected chi connectivity index (χ1v) is 4.19. The molecule has 0 N–H and O–H groups in total. The lowest BCUT2D eigenvalue weighted by Crippen LogP contribution is -2.09. The van der Waals surface area contributed by atoms with E-state index in [1.807, 2.05) is 13.1 Å². The van der Waals surface area contributed by atoms with Crippen molar-refractivity contribution in [2.75, 3.05) is 0 Å². The van der Waals surface area contributed by atoms with Gasteiger partial charge in [-0.15, -0.1) is 0 Å². The number of nitrogens with zero attached hydrogens (tertiary/aromatic N) is 2. The molecule has 2 heteroatoms. The summed E-state index contributed by atoms with van der Waals surface area (Å²) in [6.07, 6.45) is 5.23. The van der Waals surface area contributed by atoms with Gasteiger partial charge in [0.25, 0.3) is 0 Å². The Bertz CT molecular complexity index is 165. The SMILES string of the molecule is CCCC(CC)C(C)=NC#N. The van der Waals surface area contributed by atoms with Gasteiger partial charge in [0, 0.05) is 5.71 Å². The van der Waals surface area contributed by atoms with Gasteiger partial charge >= 0.3 is 0 Å². The third-order valence-corrected chi connectivity index (χ3v) is 1.95. The van der Waals surface area contributed by atoms with Gasteiger partial charge in [-0.25, -0.2) is 0 Å². The smallest absolute Gasteiger partial charge is 0.183 e. The van der Waals surface area contributed by atoms with Crippen LogP contribution in [0, 0.1) is 17.4 Å². The van der Waals surface area contributed by atoms with E-state index in [1.165, 1.54) is 0 Å². The Morgan fingerprint density at radius 3 is 2.55 bits per heavy atom. The second-order valence-electron chi connectivity index (χ2n) is 2.75. The monoisotopic (exact) mass is 152 g/mol. The summed E-state index contributed by atoms with van der Waals surface area (Å²) in [6, 6.07) is 0. The predicted molar refractivity (Wildman–Crippen MR) is 47.4 cm³/mol. The second kappa shape index (κ2) is 5.91. The molecule has 0 aromatic carbocycles. The molecule has 1 atom stereocenters. The molecule has 0 aliphatic rings. The Balaban J connectivity index is 4.04. The topological polar surface area (TPSA) is 36.1 Å². The van der Waals surface area contributed by atoms with Crippen LogP contribution in [0.3, 0.4) is 0 Å². The number of nitriles is 1. The fraction of sp³-hybridized carbons (Fsp3) is 0.778. The lowest BCUT2D eigenvalue weighted by atomic mass is 9.96. The van der Waals surface area contributed by atoms with E-state index in [9.17, 15) is 0 Å². The Morgan fingerprint density at radius 2 is 2.18 bits per heavy atom. The summed E-state index contributed by atoms with van der Waals surface area (Å²) >= 11 is 0. The zero-order valence-electron chi connectivity index (χ0n) is 7.59. The molecule has 62 valence electrons. The first-order valence-electron chi connectivity index (χ1n) is 4.19. The highest BCUT2D eigenvalue weighted by molar-refractivity contribution is 5.85. The van der Waals surface area contributed by atoms with Crippen LogP contribution in [0.2, 0.25) is 0 Å². The van der Waals surface area contributed by atoms with Crippen molar-refractivity contribution < 1.29 is 0 Å². The van der Waals surface area contributed by atoms with E-state index < -0.39 is 0 Å². The van der Waals surface area contributed by atoms with Crippen LogP contribution in [0.25, 0.3) is 0 Å². The highest BCUT2D eigenvalue weighted by Gasteiger charge is 2.07. The van der Waals surface area contributed by atoms with Crippen LogP contribution in [-0.2, 0) is 0 Å². The normalized spacial score (nSPS) is 14.2. The van der Waals surface area contributed by atoms with Gasteiger partial charge in [-0.3, -0.25) is 0 Å². The van der Waals surface area contributed by atoms with Crippen LogP contribution in [0.15, 0.2) is 4.99 Å². The average molecular weight is 152 g/mol. The molecule has 1 unspecified atom stereocenters. The van der Waals surface area contributed by atoms with Crippen molar-refractivity contribution in [3.8, 4) is 6.19 Å². The summed E-state index contributed by atoms with van der Waals surface area (Å²) in [7, 11) is 0. The summed E-state index contributed by atoms with van der Waals surface area (Å²) in [5, 5.41) is 8.31. The number of hydrogen-bond donors (Lipinski definition) is 0. The molecule has 0 amide bonds. The van der Waals surface area contributed by atoms with Crippen LogP contribution in [0.5, 0.6) is 0 Å². The van der Waals surface area contributed by atoms with Crippen LogP contribution in [-0.4, -0.2) is 5.71 Å². The highest BCUT2D eigenvalue weighted by atomic mass is 14.7. The average Bonchev–Trinajstić information content (AvgIpc) is 2.00. The fourth-order valence-corrected chi connectivity index (χ4v) is 1.23. The minimum absolute atomic E-state index is 0.514. The van der Waals surface area contributed by atoms with E-state index in [4.69, 9.17) is 5.26 Å². The summed E-state index contributed by atoms with van der Waals surface area (Å²) < 4.78 is 0. The third kappa shape index (κ3) is 3.77. The summed E-state index contributed by atoms with van der Waals surface area (Å²) in [5.41, 5.74) is 0.983. The van der Waals surface area contributed by atoms with Crippen molar-refractivity contribution in [1.29, 1.82) is 5.26 Å². The van der Waals surface area contributed by atoms with Gasteiger partial charge in [-0.1, -0.05) is 20.3 Å². The van der Waals surface area contributed by atoms with E-state index in [2.05, 4.69) is 18.8 Å². The zero-order valence-corrected chi connectivity index (χ0v) is 7.59. The molecule has 0 aromatic rings. The van der Waals surface area contributed by atoms with Crippen molar-refractivity contribution in [1.82, 2.24) is 0 Å². The molecule has 0 aromatic heterocycles. The summed E-state index contributed by atoms with van der Waals surface area (Å²) in [5.74, 6) is 0.514. The lowest BCUT2D eigenvalue weighted by Gasteiger charge is -2.10. The Hall–Kier alpha value is -0.840. The van der Waals surface area contributed by atoms with E-state index in [-0.39, 0.29) is 0 Å². The molecule has 0 saturated heterocycles. The molecule has 0 fully saturated rings. The van der Waals surface area contributed by atoms with Crippen LogP contribution in [0.1, 0.15) is 40.0 Å². The van der Waals surface area contributed by atoms with Crippen molar-refractivity contribution in [3.05, 3.63) is 0 Å². The van der Waals surface area contributed by atoms with Gasteiger partial charge in [-0.05, 0) is 25.7 Å². The van der Waals surface area contributed by atoms with E-state index in [0.29, 0.717) is 5.92 Å². The number of rotatable bonds is 4. The predicted octanol–water partition coefficient (Wildman–Crippen LogP) is 2.75. The van der Waals surface area contributed by atoms with Gasteiger partial charge in [0.15, 0.2) is 0 Å². The minimum Gasteiger partial charge on any atom is -0.183 e. The Labute approximate surface area is 68.9 Å². The molecule has 11 heavy (non-hydrogen) atoms. The first-order chi connectivity index (χ1) is 5.26. The van der Waals surface area contributed by atoms with E-state index in [0.717, 1.165) is 25.0 Å². The molecule has 0 rings (SSSR count). The molecule has 0 saturated carbocycles. The van der Waals surface area contributed by atoms with Crippen molar-refractivity contribution in [2.45, 2.75) is 40.0 Å². The molecule has 2 nitrogen and oxygen atoms in total. The highest BCUT2D eigenvalue weighted by Crippen LogP contribution is 2.12. The Kier molecular flexibility index (Phi) is 5.46. The number of hydrogen-bond acceptors (Lipinski definition) is 2. The van der Waals surface area contributed by atoms with Gasteiger partial charge in [0.1, 0.15) is 0 Å². The van der Waals surface area contributed by atoms with Crippen molar-refractivity contribution >= 4 is 5.71 Å². The van der Waals surface area contributed by atoms with Crippen LogP contribution < -0.4 is 0 Å². The van der Waals surface area contributed by atoms with Crippen LogP contribution >= 0.6 is 0 Å². The van der Waals surface area contributed by atoms with Crippen LogP contribution in [0.4, 0.5) is 0 Å². The maximum atomic E-state index is 8.31. The van der Waals surface area contributed by atoms with Gasteiger partial charge in [0.2, 0.25) is 6.19 Å². The maximum Gasteiger partial charge on any atom is 0.205 e. The van der Waals surface area contributed by atoms with E-state index >= 15 is 0 Å². The molecular weight excluding hydrogens is 136 g/mol. The molecule has 0 heterocycles. The lowest BCUT2D eigenvalue weighted by molar-refractivity contribution is 0.593. The zero-order chi connectivity index (χ0) is 8.69. The summed E-state index contributed by atoms with van der Waals surface area (Å²) in [6.45, 7) is 6.23. The maximum absolute atomic E-state index is 8.31. The van der Waals surface area contributed by atoms with Gasteiger partial charge < -0.3 is 0 Å². The molecule has 0 aliphatic heterocycles. The van der Waals surface area contributed by atoms with Gasteiger partial charge in [0.05, 0.1) is 0 Å². The molecule has 0 spiro atoms. The fourth-order valence-electron chi connectivity index (χ4n) is 1.23. The minimum atomic E-state index is 0.514. The van der Waals surface area contributed by atoms with Crippen molar-refractivity contribution in [2.24, 2.45) is 10.9 Å². The Morgan fingerprint density at radius 1 is 1.55 bits per heavy atom. The first kappa shape index (κ1) is 10.2. The molecule has 0 aliphatic carbocycles. The largest absolute Gasteiger partial charge is 0.205 e. The van der Waals surface area contributed by atoms with Crippen molar-refractivity contribution in [3.63, 3.8) is 0 Å². The third-order valence-electron chi connectivity index (χ3n) is 1.95. The standard InChI is InChI=1S/C9H16N2/c1-4-6-9(5-2)8(3)11-7-10/h9H,4-6H2,1-3H3. The molecule has 0 radical (unpaired) electrons. The van der Waals surface area contributed by atoms with Gasteiger partial charge in [-0.2, -0.15) is 10.3 Å².